The van der Waals surface area contributed by atoms with Gasteiger partial charge in [-0.2, -0.15) is 4.80 Å². The molecular formula is C11H22N4. The molecule has 0 fully saturated rings. The molecule has 0 saturated carbocycles. The summed E-state index contributed by atoms with van der Waals surface area (Å²) in [6.45, 7) is 9.64. The van der Waals surface area contributed by atoms with Gasteiger partial charge in [0.2, 0.25) is 0 Å². The zero-order valence-electron chi connectivity index (χ0n) is 10.3. The third-order valence-corrected chi connectivity index (χ3v) is 2.14. The molecule has 0 saturated heterocycles. The average molecular weight is 210 g/mol. The van der Waals surface area contributed by atoms with E-state index in [0.29, 0.717) is 0 Å². The van der Waals surface area contributed by atoms with E-state index >= 15 is 0 Å². The van der Waals surface area contributed by atoms with E-state index in [1.54, 1.807) is 4.80 Å². The molecule has 1 aromatic heterocycles. The third-order valence-electron chi connectivity index (χ3n) is 2.14. The highest BCUT2D eigenvalue weighted by Gasteiger charge is 2.14. The number of tetrazole rings is 1. The molecule has 0 N–H and O–H groups in total. The van der Waals surface area contributed by atoms with Crippen LogP contribution in [0.1, 0.15) is 52.8 Å². The van der Waals surface area contributed by atoms with Crippen LogP contribution in [0.4, 0.5) is 0 Å². The molecule has 0 aliphatic heterocycles. The molecule has 4 nitrogen and oxygen atoms in total. The van der Waals surface area contributed by atoms with Crippen molar-refractivity contribution in [2.45, 2.75) is 59.9 Å². The van der Waals surface area contributed by atoms with Crippen LogP contribution in [0.2, 0.25) is 0 Å². The van der Waals surface area contributed by atoms with Crippen molar-refractivity contribution in [1.82, 2.24) is 20.2 Å². The first-order chi connectivity index (χ1) is 7.01. The van der Waals surface area contributed by atoms with Crippen molar-refractivity contribution in [1.29, 1.82) is 0 Å². The second kappa shape index (κ2) is 5.24. The summed E-state index contributed by atoms with van der Waals surface area (Å²) in [6, 6.07) is 0. The number of aromatic nitrogens is 4. The number of unbranched alkanes of at least 4 members (excludes halogenated alkanes) is 2. The smallest absolute Gasteiger partial charge is 0.164 e. The predicted octanol–water partition coefficient (Wildman–Crippen LogP) is 2.45. The average Bonchev–Trinajstić information content (AvgIpc) is 2.50. The topological polar surface area (TPSA) is 43.6 Å². The van der Waals surface area contributed by atoms with Crippen LogP contribution in [0, 0.1) is 5.41 Å². The molecule has 0 aliphatic carbocycles. The number of rotatable bonds is 5. The fourth-order valence-corrected chi connectivity index (χ4v) is 1.42. The summed E-state index contributed by atoms with van der Waals surface area (Å²) in [5.41, 5.74) is 0.233. The van der Waals surface area contributed by atoms with Gasteiger partial charge in [0.25, 0.3) is 0 Å². The standard InChI is InChI=1S/C11H22N4/c1-5-6-7-8-15-13-10(12-14-15)9-11(2,3)4/h5-9H2,1-4H3. The molecule has 0 aromatic carbocycles. The minimum absolute atomic E-state index is 0.233. The Morgan fingerprint density at radius 3 is 2.53 bits per heavy atom. The fraction of sp³-hybridized carbons (Fsp3) is 0.909. The summed E-state index contributed by atoms with van der Waals surface area (Å²) in [4.78, 5) is 1.72. The van der Waals surface area contributed by atoms with E-state index in [2.05, 4.69) is 43.1 Å². The minimum Gasteiger partial charge on any atom is -0.164 e. The lowest BCUT2D eigenvalue weighted by atomic mass is 9.92. The summed E-state index contributed by atoms with van der Waals surface area (Å²) in [5.74, 6) is 0.860. The maximum Gasteiger partial charge on any atom is 0.175 e. The largest absolute Gasteiger partial charge is 0.175 e. The lowest BCUT2D eigenvalue weighted by molar-refractivity contribution is 0.398. The number of hydrogen-bond donors (Lipinski definition) is 0. The van der Waals surface area contributed by atoms with Crippen LogP contribution in [0.3, 0.4) is 0 Å². The first-order valence-corrected chi connectivity index (χ1v) is 5.78. The molecule has 1 heterocycles. The number of aryl methyl sites for hydroxylation is 1. The summed E-state index contributed by atoms with van der Waals surface area (Å²) in [7, 11) is 0. The molecule has 0 radical (unpaired) electrons. The van der Waals surface area contributed by atoms with Crippen molar-refractivity contribution in [3.8, 4) is 0 Å². The summed E-state index contributed by atoms with van der Waals surface area (Å²) >= 11 is 0. The molecule has 0 bridgehead atoms. The van der Waals surface area contributed by atoms with Crippen LogP contribution < -0.4 is 0 Å². The molecule has 0 unspecified atom stereocenters. The quantitative estimate of drug-likeness (QED) is 0.701. The Labute approximate surface area is 92.1 Å². The monoisotopic (exact) mass is 210 g/mol. The van der Waals surface area contributed by atoms with Gasteiger partial charge in [-0.3, -0.25) is 0 Å². The van der Waals surface area contributed by atoms with Crippen molar-refractivity contribution in [3.63, 3.8) is 0 Å². The van der Waals surface area contributed by atoms with E-state index in [-0.39, 0.29) is 5.41 Å². The van der Waals surface area contributed by atoms with Crippen molar-refractivity contribution in [2.24, 2.45) is 5.41 Å². The van der Waals surface area contributed by atoms with Crippen molar-refractivity contribution < 1.29 is 0 Å². The highest BCUT2D eigenvalue weighted by Crippen LogP contribution is 2.17. The molecule has 0 amide bonds. The lowest BCUT2D eigenvalue weighted by Gasteiger charge is -2.14. The third kappa shape index (κ3) is 4.91. The van der Waals surface area contributed by atoms with E-state index in [0.717, 1.165) is 25.2 Å². The fourth-order valence-electron chi connectivity index (χ4n) is 1.42. The van der Waals surface area contributed by atoms with Gasteiger partial charge in [0, 0.05) is 6.42 Å². The van der Waals surface area contributed by atoms with Gasteiger partial charge in [0.1, 0.15) is 0 Å². The van der Waals surface area contributed by atoms with Crippen molar-refractivity contribution >= 4 is 0 Å². The highest BCUT2D eigenvalue weighted by atomic mass is 15.6. The van der Waals surface area contributed by atoms with Crippen molar-refractivity contribution in [2.75, 3.05) is 0 Å². The molecule has 15 heavy (non-hydrogen) atoms. The molecule has 0 atom stereocenters. The zero-order valence-corrected chi connectivity index (χ0v) is 10.3. The SMILES string of the molecule is CCCCCn1nnc(CC(C)(C)C)n1. The zero-order chi connectivity index (χ0) is 11.3. The first-order valence-electron chi connectivity index (χ1n) is 5.78. The van der Waals surface area contributed by atoms with E-state index in [1.807, 2.05) is 0 Å². The van der Waals surface area contributed by atoms with E-state index in [1.165, 1.54) is 12.8 Å². The molecule has 1 rings (SSSR count). The Morgan fingerprint density at radius 2 is 1.93 bits per heavy atom. The van der Waals surface area contributed by atoms with Crippen LogP contribution in [0.25, 0.3) is 0 Å². The Morgan fingerprint density at radius 1 is 1.20 bits per heavy atom. The number of nitrogens with zero attached hydrogens (tertiary/aromatic N) is 4. The van der Waals surface area contributed by atoms with Crippen molar-refractivity contribution in [3.05, 3.63) is 5.82 Å². The summed E-state index contributed by atoms with van der Waals surface area (Å²) in [6.07, 6.45) is 4.49. The maximum absolute atomic E-state index is 4.36. The molecule has 0 aliphatic rings. The Balaban J connectivity index is 2.42. The van der Waals surface area contributed by atoms with Gasteiger partial charge in [-0.1, -0.05) is 40.5 Å². The predicted molar refractivity (Wildman–Crippen MR) is 60.5 cm³/mol. The maximum atomic E-state index is 4.36. The van der Waals surface area contributed by atoms with Crippen LogP contribution in [0.15, 0.2) is 0 Å². The van der Waals surface area contributed by atoms with E-state index in [9.17, 15) is 0 Å². The van der Waals surface area contributed by atoms with Gasteiger partial charge in [-0.25, -0.2) is 0 Å². The molecule has 4 heteroatoms. The minimum atomic E-state index is 0.233. The highest BCUT2D eigenvalue weighted by molar-refractivity contribution is 4.83. The Hall–Kier alpha value is -0.930. The Kier molecular flexibility index (Phi) is 4.24. The van der Waals surface area contributed by atoms with Gasteiger partial charge in [0.05, 0.1) is 6.54 Å². The molecular weight excluding hydrogens is 188 g/mol. The normalized spacial score (nSPS) is 12.0. The lowest BCUT2D eigenvalue weighted by Crippen LogP contribution is -2.11. The van der Waals surface area contributed by atoms with Gasteiger partial charge in [-0.05, 0) is 17.0 Å². The second-order valence-electron chi connectivity index (χ2n) is 5.25. The summed E-state index contributed by atoms with van der Waals surface area (Å²) < 4.78 is 0. The molecule has 0 spiro atoms. The van der Waals surface area contributed by atoms with Gasteiger partial charge in [-0.15, -0.1) is 10.2 Å². The number of hydrogen-bond acceptors (Lipinski definition) is 3. The van der Waals surface area contributed by atoms with Crippen LogP contribution in [-0.2, 0) is 13.0 Å². The van der Waals surface area contributed by atoms with Gasteiger partial charge in [0.15, 0.2) is 5.82 Å². The first kappa shape index (κ1) is 12.1. The van der Waals surface area contributed by atoms with Gasteiger partial charge < -0.3 is 0 Å². The van der Waals surface area contributed by atoms with Crippen LogP contribution in [-0.4, -0.2) is 20.2 Å². The Bertz CT molecular complexity index is 285. The second-order valence-corrected chi connectivity index (χ2v) is 5.25. The molecule has 86 valence electrons. The van der Waals surface area contributed by atoms with E-state index in [4.69, 9.17) is 0 Å². The van der Waals surface area contributed by atoms with Crippen LogP contribution >= 0.6 is 0 Å². The summed E-state index contributed by atoms with van der Waals surface area (Å²) in [5, 5.41) is 12.5. The van der Waals surface area contributed by atoms with Crippen LogP contribution in [0.5, 0.6) is 0 Å². The molecule has 1 aromatic rings. The van der Waals surface area contributed by atoms with E-state index < -0.39 is 0 Å². The van der Waals surface area contributed by atoms with Gasteiger partial charge >= 0.3 is 0 Å².